The number of hydrogen-bond donors (Lipinski definition) is 2. The molecule has 1 aromatic carbocycles. The van der Waals surface area contributed by atoms with Gasteiger partial charge in [-0.05, 0) is 59.0 Å². The fraction of sp³-hybridized carbons (Fsp3) is 0.538. The third-order valence-electron chi connectivity index (χ3n) is 3.58. The van der Waals surface area contributed by atoms with Crippen LogP contribution in [-0.2, 0) is 5.54 Å². The molecule has 0 atom stereocenters. The van der Waals surface area contributed by atoms with Gasteiger partial charge < -0.3 is 10.8 Å². The Hall–Kier alpha value is -0.540. The van der Waals surface area contributed by atoms with Crippen molar-refractivity contribution >= 4 is 15.9 Å². The van der Waals surface area contributed by atoms with Crippen LogP contribution in [-0.4, -0.2) is 5.11 Å². The molecular weight excluding hydrogens is 266 g/mol. The maximum Gasteiger partial charge on any atom is 0.130 e. The van der Waals surface area contributed by atoms with Crippen molar-refractivity contribution in [3.63, 3.8) is 0 Å². The topological polar surface area (TPSA) is 46.2 Å². The smallest absolute Gasteiger partial charge is 0.130 e. The average molecular weight is 284 g/mol. The normalized spacial score (nSPS) is 19.7. The Kier molecular flexibility index (Phi) is 3.27. The van der Waals surface area contributed by atoms with E-state index in [1.165, 1.54) is 19.3 Å². The molecule has 1 aromatic rings. The second kappa shape index (κ2) is 4.38. The van der Waals surface area contributed by atoms with Gasteiger partial charge in [-0.3, -0.25) is 0 Å². The molecule has 0 heterocycles. The molecule has 0 bridgehead atoms. The summed E-state index contributed by atoms with van der Waals surface area (Å²) in [7, 11) is 0. The van der Waals surface area contributed by atoms with E-state index in [4.69, 9.17) is 5.73 Å². The Morgan fingerprint density at radius 1 is 1.25 bits per heavy atom. The van der Waals surface area contributed by atoms with Crippen molar-refractivity contribution in [2.75, 3.05) is 0 Å². The van der Waals surface area contributed by atoms with Gasteiger partial charge in [0.05, 0.1) is 4.47 Å². The number of aromatic hydroxyl groups is 1. The van der Waals surface area contributed by atoms with Crippen LogP contribution in [0.4, 0.5) is 0 Å². The minimum Gasteiger partial charge on any atom is -0.507 e. The highest BCUT2D eigenvalue weighted by atomic mass is 79.9. The van der Waals surface area contributed by atoms with E-state index in [-0.39, 0.29) is 11.3 Å². The average Bonchev–Trinajstić information content (AvgIpc) is 2.24. The standard InChI is InChI=1S/C13H18BrNO/c1-9-7-11(14)12(16)8-10(9)13(15)5-3-2-4-6-13/h7-8,16H,2-6,15H2,1H3. The second-order valence-electron chi connectivity index (χ2n) is 4.84. The molecule has 16 heavy (non-hydrogen) atoms. The number of halogens is 1. The van der Waals surface area contributed by atoms with E-state index in [2.05, 4.69) is 22.9 Å². The highest BCUT2D eigenvalue weighted by Crippen LogP contribution is 2.39. The van der Waals surface area contributed by atoms with E-state index in [1.54, 1.807) is 0 Å². The van der Waals surface area contributed by atoms with E-state index in [0.717, 1.165) is 28.4 Å². The largest absolute Gasteiger partial charge is 0.507 e. The van der Waals surface area contributed by atoms with Crippen LogP contribution in [0.15, 0.2) is 16.6 Å². The predicted molar refractivity (Wildman–Crippen MR) is 69.5 cm³/mol. The summed E-state index contributed by atoms with van der Waals surface area (Å²) in [6.07, 6.45) is 5.70. The molecule has 88 valence electrons. The van der Waals surface area contributed by atoms with Gasteiger partial charge in [0.25, 0.3) is 0 Å². The van der Waals surface area contributed by atoms with Crippen molar-refractivity contribution in [1.82, 2.24) is 0 Å². The van der Waals surface area contributed by atoms with Crippen molar-refractivity contribution in [2.24, 2.45) is 5.73 Å². The molecule has 3 N–H and O–H groups in total. The maximum atomic E-state index is 9.77. The van der Waals surface area contributed by atoms with Crippen molar-refractivity contribution in [3.05, 3.63) is 27.7 Å². The van der Waals surface area contributed by atoms with Gasteiger partial charge in [0.1, 0.15) is 5.75 Å². The van der Waals surface area contributed by atoms with Gasteiger partial charge in [-0.25, -0.2) is 0 Å². The van der Waals surface area contributed by atoms with E-state index in [0.29, 0.717) is 0 Å². The molecule has 0 radical (unpaired) electrons. The Balaban J connectivity index is 2.42. The summed E-state index contributed by atoms with van der Waals surface area (Å²) < 4.78 is 0.744. The fourth-order valence-corrected chi connectivity index (χ4v) is 3.11. The molecule has 0 aromatic heterocycles. The van der Waals surface area contributed by atoms with Crippen molar-refractivity contribution in [1.29, 1.82) is 0 Å². The lowest BCUT2D eigenvalue weighted by Gasteiger charge is -2.35. The van der Waals surface area contributed by atoms with Gasteiger partial charge in [-0.2, -0.15) is 0 Å². The Bertz CT molecular complexity index is 397. The predicted octanol–water partition coefficient (Wildman–Crippen LogP) is 3.58. The monoisotopic (exact) mass is 283 g/mol. The molecule has 1 aliphatic rings. The van der Waals surface area contributed by atoms with Gasteiger partial charge in [0, 0.05) is 5.54 Å². The Labute approximate surface area is 105 Å². The molecule has 1 aliphatic carbocycles. The zero-order valence-electron chi connectivity index (χ0n) is 9.59. The molecule has 0 aliphatic heterocycles. The van der Waals surface area contributed by atoms with Gasteiger partial charge >= 0.3 is 0 Å². The number of phenolic OH excluding ortho intramolecular Hbond substituents is 1. The van der Waals surface area contributed by atoms with Gasteiger partial charge in [-0.15, -0.1) is 0 Å². The molecular formula is C13H18BrNO. The van der Waals surface area contributed by atoms with Crippen molar-refractivity contribution in [3.8, 4) is 5.75 Å². The summed E-state index contributed by atoms with van der Waals surface area (Å²) in [5.74, 6) is 0.288. The summed E-state index contributed by atoms with van der Waals surface area (Å²) in [6, 6.07) is 3.78. The number of aryl methyl sites for hydroxylation is 1. The summed E-state index contributed by atoms with van der Waals surface area (Å²) in [5.41, 5.74) is 8.50. The molecule has 0 unspecified atom stereocenters. The molecule has 3 heteroatoms. The molecule has 0 amide bonds. The van der Waals surface area contributed by atoms with Crippen molar-refractivity contribution in [2.45, 2.75) is 44.6 Å². The molecule has 1 saturated carbocycles. The van der Waals surface area contributed by atoms with Crippen LogP contribution in [0.1, 0.15) is 43.2 Å². The van der Waals surface area contributed by atoms with E-state index in [1.807, 2.05) is 12.1 Å². The van der Waals surface area contributed by atoms with Crippen LogP contribution < -0.4 is 5.73 Å². The van der Waals surface area contributed by atoms with Crippen LogP contribution in [0.5, 0.6) is 5.75 Å². The van der Waals surface area contributed by atoms with E-state index >= 15 is 0 Å². The Morgan fingerprint density at radius 2 is 1.88 bits per heavy atom. The minimum atomic E-state index is -0.236. The molecule has 2 nitrogen and oxygen atoms in total. The first-order valence-corrected chi connectivity index (χ1v) is 6.61. The third kappa shape index (κ3) is 2.11. The molecule has 0 saturated heterocycles. The Morgan fingerprint density at radius 3 is 2.50 bits per heavy atom. The van der Waals surface area contributed by atoms with E-state index < -0.39 is 0 Å². The highest BCUT2D eigenvalue weighted by Gasteiger charge is 2.31. The fourth-order valence-electron chi connectivity index (χ4n) is 2.65. The number of hydrogen-bond acceptors (Lipinski definition) is 2. The molecule has 0 spiro atoms. The molecule has 1 fully saturated rings. The summed E-state index contributed by atoms with van der Waals surface area (Å²) in [5, 5.41) is 9.77. The van der Waals surface area contributed by atoms with Crippen LogP contribution in [0.2, 0.25) is 0 Å². The first-order chi connectivity index (χ1) is 7.53. The first-order valence-electron chi connectivity index (χ1n) is 5.81. The lowest BCUT2D eigenvalue weighted by molar-refractivity contribution is 0.300. The summed E-state index contributed by atoms with van der Waals surface area (Å²) in [6.45, 7) is 2.06. The minimum absolute atomic E-state index is 0.236. The number of rotatable bonds is 1. The quantitative estimate of drug-likeness (QED) is 0.828. The van der Waals surface area contributed by atoms with Gasteiger partial charge in [-0.1, -0.05) is 19.3 Å². The number of phenols is 1. The first kappa shape index (κ1) is 11.9. The highest BCUT2D eigenvalue weighted by molar-refractivity contribution is 9.10. The number of benzene rings is 1. The van der Waals surface area contributed by atoms with Crippen LogP contribution in [0.3, 0.4) is 0 Å². The van der Waals surface area contributed by atoms with Crippen LogP contribution in [0, 0.1) is 6.92 Å². The lowest BCUT2D eigenvalue weighted by atomic mass is 9.76. The lowest BCUT2D eigenvalue weighted by Crippen LogP contribution is -2.39. The van der Waals surface area contributed by atoms with Crippen LogP contribution >= 0.6 is 15.9 Å². The molecule has 2 rings (SSSR count). The second-order valence-corrected chi connectivity index (χ2v) is 5.69. The van der Waals surface area contributed by atoms with Gasteiger partial charge in [0.2, 0.25) is 0 Å². The zero-order chi connectivity index (χ0) is 11.8. The summed E-state index contributed by atoms with van der Waals surface area (Å²) in [4.78, 5) is 0. The number of nitrogens with two attached hydrogens (primary N) is 1. The third-order valence-corrected chi connectivity index (χ3v) is 4.21. The van der Waals surface area contributed by atoms with E-state index in [9.17, 15) is 5.11 Å². The maximum absolute atomic E-state index is 9.77. The summed E-state index contributed by atoms with van der Waals surface area (Å²) >= 11 is 3.33. The van der Waals surface area contributed by atoms with Crippen LogP contribution in [0.25, 0.3) is 0 Å². The SMILES string of the molecule is Cc1cc(Br)c(O)cc1C1(N)CCCCC1. The van der Waals surface area contributed by atoms with Gasteiger partial charge in [0.15, 0.2) is 0 Å². The zero-order valence-corrected chi connectivity index (χ0v) is 11.2. The van der Waals surface area contributed by atoms with Crippen molar-refractivity contribution < 1.29 is 5.11 Å².